The minimum absolute atomic E-state index is 0.123. The number of hydrogen-bond donors (Lipinski definition) is 3. The number of nitrogens with one attached hydrogen (secondary N) is 1. The van der Waals surface area contributed by atoms with Crippen molar-refractivity contribution in [3.05, 3.63) is 28.8 Å². The number of aliphatic hydroxyl groups is 2. The van der Waals surface area contributed by atoms with Crippen molar-refractivity contribution < 1.29 is 14.9 Å². The molecule has 0 aliphatic heterocycles. The molecule has 1 unspecified atom stereocenters. The van der Waals surface area contributed by atoms with Gasteiger partial charge in [-0.1, -0.05) is 12.1 Å². The van der Waals surface area contributed by atoms with Crippen LogP contribution >= 0.6 is 0 Å². The first-order valence-electron chi connectivity index (χ1n) is 6.85. The van der Waals surface area contributed by atoms with Crippen LogP contribution < -0.4 is 10.1 Å². The maximum absolute atomic E-state index is 9.32. The van der Waals surface area contributed by atoms with Gasteiger partial charge >= 0.3 is 0 Å². The van der Waals surface area contributed by atoms with Crippen LogP contribution in [0.15, 0.2) is 12.1 Å². The van der Waals surface area contributed by atoms with Gasteiger partial charge in [-0.25, -0.2) is 0 Å². The van der Waals surface area contributed by atoms with Gasteiger partial charge in [0, 0.05) is 12.6 Å². The monoisotopic (exact) mass is 265 g/mol. The Hall–Kier alpha value is -1.10. The predicted octanol–water partition coefficient (Wildman–Crippen LogP) is 1.29. The third kappa shape index (κ3) is 4.20. The maximum atomic E-state index is 9.32. The third-order valence-corrected chi connectivity index (χ3v) is 3.32. The van der Waals surface area contributed by atoms with Crippen molar-refractivity contribution in [2.75, 3.05) is 13.2 Å². The van der Waals surface area contributed by atoms with Crippen LogP contribution in [0.25, 0.3) is 0 Å². The zero-order valence-corrected chi connectivity index (χ0v) is 11.6. The second kappa shape index (κ2) is 6.37. The van der Waals surface area contributed by atoms with Crippen LogP contribution in [0, 0.1) is 13.8 Å². The van der Waals surface area contributed by atoms with Crippen LogP contribution in [0.5, 0.6) is 5.75 Å². The van der Waals surface area contributed by atoms with Crippen LogP contribution in [0.4, 0.5) is 0 Å². The van der Waals surface area contributed by atoms with Crippen molar-refractivity contribution in [1.82, 2.24) is 5.32 Å². The molecule has 1 aromatic rings. The minimum Gasteiger partial charge on any atom is -0.490 e. The number of benzene rings is 1. The summed E-state index contributed by atoms with van der Waals surface area (Å²) < 4.78 is 5.58. The van der Waals surface area contributed by atoms with E-state index in [0.29, 0.717) is 6.04 Å². The first-order chi connectivity index (χ1) is 9.10. The molecule has 0 amide bonds. The molecule has 1 aliphatic rings. The summed E-state index contributed by atoms with van der Waals surface area (Å²) in [4.78, 5) is 0. The van der Waals surface area contributed by atoms with Gasteiger partial charge in [-0.15, -0.1) is 0 Å². The van der Waals surface area contributed by atoms with Crippen molar-refractivity contribution in [1.29, 1.82) is 0 Å². The molecule has 1 saturated carbocycles. The summed E-state index contributed by atoms with van der Waals surface area (Å²) in [5, 5.41) is 21.6. The van der Waals surface area contributed by atoms with Gasteiger partial charge in [0.25, 0.3) is 0 Å². The summed E-state index contributed by atoms with van der Waals surface area (Å²) in [6.07, 6.45) is 1.76. The molecule has 3 N–H and O–H groups in total. The van der Waals surface area contributed by atoms with Crippen LogP contribution in [-0.4, -0.2) is 35.6 Å². The number of aryl methyl sites for hydroxylation is 2. The van der Waals surface area contributed by atoms with E-state index >= 15 is 0 Å². The van der Waals surface area contributed by atoms with Gasteiger partial charge in [-0.2, -0.15) is 0 Å². The zero-order chi connectivity index (χ0) is 13.8. The molecule has 1 atom stereocenters. The fraction of sp³-hybridized carbons (Fsp3) is 0.600. The molecule has 1 aromatic carbocycles. The van der Waals surface area contributed by atoms with Gasteiger partial charge in [0.2, 0.25) is 0 Å². The maximum Gasteiger partial charge on any atom is 0.125 e. The summed E-state index contributed by atoms with van der Waals surface area (Å²) in [5.41, 5.74) is 3.40. The van der Waals surface area contributed by atoms with Crippen molar-refractivity contribution >= 4 is 0 Å². The van der Waals surface area contributed by atoms with Gasteiger partial charge in [-0.05, 0) is 43.4 Å². The molecule has 0 radical (unpaired) electrons. The van der Waals surface area contributed by atoms with Crippen molar-refractivity contribution in [2.45, 2.75) is 45.4 Å². The smallest absolute Gasteiger partial charge is 0.125 e. The molecule has 0 spiro atoms. The number of aliphatic hydroxyl groups excluding tert-OH is 2. The molecule has 19 heavy (non-hydrogen) atoms. The molecule has 1 aliphatic carbocycles. The number of ether oxygens (including phenoxy) is 1. The van der Waals surface area contributed by atoms with Gasteiger partial charge in [-0.3, -0.25) is 0 Å². The molecule has 4 heteroatoms. The van der Waals surface area contributed by atoms with E-state index in [9.17, 15) is 5.11 Å². The highest BCUT2D eigenvalue weighted by Crippen LogP contribution is 2.26. The standard InChI is InChI=1S/C15H23NO3/c1-10-5-12(7-16-13-3-4-13)6-11(2)15(10)19-9-14(18)8-17/h5-6,13-14,16-18H,3-4,7-9H2,1-2H3. The lowest BCUT2D eigenvalue weighted by molar-refractivity contribution is 0.0531. The normalized spacial score (nSPS) is 16.4. The van der Waals surface area contributed by atoms with Crippen molar-refractivity contribution in [3.63, 3.8) is 0 Å². The van der Waals surface area contributed by atoms with E-state index in [1.807, 2.05) is 13.8 Å². The summed E-state index contributed by atoms with van der Waals surface area (Å²) in [7, 11) is 0. The fourth-order valence-electron chi connectivity index (χ4n) is 2.15. The van der Waals surface area contributed by atoms with E-state index < -0.39 is 6.10 Å². The van der Waals surface area contributed by atoms with Gasteiger partial charge in [0.15, 0.2) is 0 Å². The molecular formula is C15H23NO3. The van der Waals surface area contributed by atoms with Crippen LogP contribution in [0.3, 0.4) is 0 Å². The third-order valence-electron chi connectivity index (χ3n) is 3.32. The van der Waals surface area contributed by atoms with Gasteiger partial charge < -0.3 is 20.3 Å². The second-order valence-corrected chi connectivity index (χ2v) is 5.36. The topological polar surface area (TPSA) is 61.7 Å². The lowest BCUT2D eigenvalue weighted by Gasteiger charge is -2.16. The summed E-state index contributed by atoms with van der Waals surface area (Å²) >= 11 is 0. The highest BCUT2D eigenvalue weighted by molar-refractivity contribution is 5.43. The second-order valence-electron chi connectivity index (χ2n) is 5.36. The van der Waals surface area contributed by atoms with E-state index in [-0.39, 0.29) is 13.2 Å². The Morgan fingerprint density at radius 1 is 1.32 bits per heavy atom. The summed E-state index contributed by atoms with van der Waals surface area (Å²) in [6, 6.07) is 4.93. The van der Waals surface area contributed by atoms with E-state index in [1.165, 1.54) is 18.4 Å². The Balaban J connectivity index is 1.98. The average Bonchev–Trinajstić information content (AvgIpc) is 3.19. The van der Waals surface area contributed by atoms with E-state index in [0.717, 1.165) is 23.4 Å². The molecule has 1 fully saturated rings. The molecule has 0 aromatic heterocycles. The minimum atomic E-state index is -0.824. The highest BCUT2D eigenvalue weighted by atomic mass is 16.5. The first kappa shape index (κ1) is 14.3. The lowest BCUT2D eigenvalue weighted by atomic mass is 10.1. The first-order valence-corrected chi connectivity index (χ1v) is 6.85. The van der Waals surface area contributed by atoms with Gasteiger partial charge in [0.05, 0.1) is 6.61 Å². The largest absolute Gasteiger partial charge is 0.490 e. The molecule has 0 heterocycles. The molecule has 2 rings (SSSR count). The Labute approximate surface area is 114 Å². The van der Waals surface area contributed by atoms with Crippen LogP contribution in [0.1, 0.15) is 29.5 Å². The number of hydrogen-bond acceptors (Lipinski definition) is 4. The Kier molecular flexibility index (Phi) is 4.80. The fourth-order valence-corrected chi connectivity index (χ4v) is 2.15. The Morgan fingerprint density at radius 2 is 1.95 bits per heavy atom. The zero-order valence-electron chi connectivity index (χ0n) is 11.6. The number of rotatable bonds is 7. The van der Waals surface area contributed by atoms with Gasteiger partial charge in [0.1, 0.15) is 18.5 Å². The van der Waals surface area contributed by atoms with E-state index in [2.05, 4.69) is 17.4 Å². The summed E-state index contributed by atoms with van der Waals surface area (Å²) in [6.45, 7) is 4.76. The van der Waals surface area contributed by atoms with Crippen LogP contribution in [-0.2, 0) is 6.54 Å². The van der Waals surface area contributed by atoms with E-state index in [4.69, 9.17) is 9.84 Å². The molecule has 0 saturated heterocycles. The molecular weight excluding hydrogens is 242 g/mol. The molecule has 106 valence electrons. The lowest BCUT2D eigenvalue weighted by Crippen LogP contribution is -2.22. The molecule has 4 nitrogen and oxygen atoms in total. The van der Waals surface area contributed by atoms with E-state index in [1.54, 1.807) is 0 Å². The summed E-state index contributed by atoms with van der Waals surface area (Å²) in [5.74, 6) is 0.808. The SMILES string of the molecule is Cc1cc(CNC2CC2)cc(C)c1OCC(O)CO. The van der Waals surface area contributed by atoms with Crippen molar-refractivity contribution in [2.24, 2.45) is 0 Å². The van der Waals surface area contributed by atoms with Crippen molar-refractivity contribution in [3.8, 4) is 5.75 Å². The Morgan fingerprint density at radius 3 is 2.47 bits per heavy atom. The highest BCUT2D eigenvalue weighted by Gasteiger charge is 2.20. The predicted molar refractivity (Wildman–Crippen MR) is 74.4 cm³/mol. The van der Waals surface area contributed by atoms with Crippen LogP contribution in [0.2, 0.25) is 0 Å². The Bertz CT molecular complexity index is 406. The molecule has 0 bridgehead atoms. The average molecular weight is 265 g/mol. The quantitative estimate of drug-likeness (QED) is 0.695.